The Hall–Kier alpha value is -2.37. The molecule has 2 unspecified atom stereocenters. The lowest BCUT2D eigenvalue weighted by molar-refractivity contribution is -0.0480. The van der Waals surface area contributed by atoms with Crippen molar-refractivity contribution in [1.29, 1.82) is 0 Å². The molecule has 2 aliphatic heterocycles. The summed E-state index contributed by atoms with van der Waals surface area (Å²) in [5.41, 5.74) is 2.10. The summed E-state index contributed by atoms with van der Waals surface area (Å²) >= 11 is 0. The number of aliphatic imine (C=N–C) groups is 1. The first-order chi connectivity index (χ1) is 15.0. The van der Waals surface area contributed by atoms with Gasteiger partial charge in [-0.3, -0.25) is 5.32 Å². The van der Waals surface area contributed by atoms with Crippen LogP contribution < -0.4 is 10.1 Å². The maximum Gasteiger partial charge on any atom is 0.196 e. The first-order valence-corrected chi connectivity index (χ1v) is 11.5. The number of likely N-dealkylation sites (N-methyl/N-ethyl adjacent to an activating group) is 1. The smallest absolute Gasteiger partial charge is 0.196 e. The lowest BCUT2D eigenvalue weighted by Gasteiger charge is -2.18. The number of unbranched alkanes of at least 4 members (excludes halogenated alkanes) is 1. The molecule has 0 radical (unpaired) electrons. The van der Waals surface area contributed by atoms with Gasteiger partial charge in [0, 0.05) is 12.3 Å². The van der Waals surface area contributed by atoms with Gasteiger partial charge in [0.25, 0.3) is 0 Å². The van der Waals surface area contributed by atoms with Crippen molar-refractivity contribution in [2.75, 3.05) is 13.7 Å². The molecule has 0 amide bonds. The van der Waals surface area contributed by atoms with E-state index in [1.54, 1.807) is 6.07 Å². The van der Waals surface area contributed by atoms with Gasteiger partial charge in [-0.15, -0.1) is 17.1 Å². The molecule has 3 rings (SSSR count). The molecule has 0 saturated heterocycles. The number of ether oxygens (including phenoxy) is 2. The Morgan fingerprint density at radius 3 is 2.90 bits per heavy atom. The van der Waals surface area contributed by atoms with E-state index in [4.69, 9.17) is 9.47 Å². The average Bonchev–Trinajstić information content (AvgIpc) is 3.43. The van der Waals surface area contributed by atoms with Gasteiger partial charge in [0.1, 0.15) is 30.9 Å². The van der Waals surface area contributed by atoms with Gasteiger partial charge in [0.2, 0.25) is 0 Å². The number of benzene rings is 1. The van der Waals surface area contributed by atoms with Gasteiger partial charge < -0.3 is 14.6 Å². The molecule has 31 heavy (non-hydrogen) atoms. The predicted molar refractivity (Wildman–Crippen MR) is 127 cm³/mol. The predicted octanol–water partition coefficient (Wildman–Crippen LogP) is 4.68. The van der Waals surface area contributed by atoms with Gasteiger partial charge in [-0.1, -0.05) is 19.4 Å². The van der Waals surface area contributed by atoms with Crippen molar-refractivity contribution in [3.05, 3.63) is 59.7 Å². The van der Waals surface area contributed by atoms with Crippen LogP contribution in [0.4, 0.5) is 0 Å². The Bertz CT molecular complexity index is 800. The van der Waals surface area contributed by atoms with Gasteiger partial charge in [-0.25, -0.2) is 0 Å². The number of nitrogens with zero attached hydrogens (tertiary/aromatic N) is 1. The summed E-state index contributed by atoms with van der Waals surface area (Å²) < 4.78 is 10.8. The first-order valence-electron chi connectivity index (χ1n) is 11.5. The van der Waals surface area contributed by atoms with Crippen LogP contribution in [0.15, 0.2) is 47.1 Å². The summed E-state index contributed by atoms with van der Waals surface area (Å²) in [5, 5.41) is 13.5. The van der Waals surface area contributed by atoms with Gasteiger partial charge >= 0.3 is 0 Å². The number of phenolic OH excluding ortho intramolecular Hbond substituents is 1. The van der Waals surface area contributed by atoms with Crippen molar-refractivity contribution in [1.82, 2.24) is 5.32 Å². The monoisotopic (exact) mass is 425 g/mol. The third-order valence-electron chi connectivity index (χ3n) is 5.84. The molecule has 2 aliphatic rings. The van der Waals surface area contributed by atoms with Gasteiger partial charge in [-0.05, 0) is 57.9 Å². The van der Waals surface area contributed by atoms with E-state index in [9.17, 15) is 5.11 Å². The maximum absolute atomic E-state index is 10.3. The Morgan fingerprint density at radius 1 is 1.35 bits per heavy atom. The summed E-state index contributed by atoms with van der Waals surface area (Å²) in [6.07, 6.45) is 15.3. The highest BCUT2D eigenvalue weighted by Gasteiger charge is 2.30. The van der Waals surface area contributed by atoms with Gasteiger partial charge in [0.05, 0.1) is 6.10 Å². The lowest BCUT2D eigenvalue weighted by Crippen LogP contribution is -2.32. The molecule has 2 atom stereocenters. The van der Waals surface area contributed by atoms with E-state index in [0.717, 1.165) is 36.6 Å². The average molecular weight is 426 g/mol. The second kappa shape index (κ2) is 11.3. The van der Waals surface area contributed by atoms with Crippen molar-refractivity contribution in [3.63, 3.8) is 0 Å². The van der Waals surface area contributed by atoms with E-state index in [2.05, 4.69) is 49.3 Å². The van der Waals surface area contributed by atoms with Crippen molar-refractivity contribution in [2.45, 2.75) is 65.0 Å². The highest BCUT2D eigenvalue weighted by atomic mass is 16.5. The fourth-order valence-corrected chi connectivity index (χ4v) is 3.74. The highest BCUT2D eigenvalue weighted by Crippen LogP contribution is 2.30. The summed E-state index contributed by atoms with van der Waals surface area (Å²) in [6.45, 7) is 6.93. The minimum absolute atomic E-state index is 0.0337. The highest BCUT2D eigenvalue weighted by molar-refractivity contribution is 5.83. The molecule has 0 bridgehead atoms. The van der Waals surface area contributed by atoms with Crippen LogP contribution >= 0.6 is 0 Å². The third-order valence-corrected chi connectivity index (χ3v) is 5.84. The third kappa shape index (κ3) is 6.55. The molecule has 0 saturated carbocycles. The van der Waals surface area contributed by atoms with Gasteiger partial charge in [-0.2, -0.15) is 0 Å². The Morgan fingerprint density at radius 2 is 2.19 bits per heavy atom. The largest absolute Gasteiger partial charge is 0.504 e. The molecule has 0 aromatic heterocycles. The second-order valence-corrected chi connectivity index (χ2v) is 8.63. The van der Waals surface area contributed by atoms with E-state index < -0.39 is 0 Å². The van der Waals surface area contributed by atoms with Gasteiger partial charge in [0.15, 0.2) is 23.2 Å². The molecule has 5 nitrogen and oxygen atoms in total. The van der Waals surface area contributed by atoms with E-state index in [1.807, 2.05) is 25.4 Å². The normalized spacial score (nSPS) is 18.9. The van der Waals surface area contributed by atoms with E-state index in [-0.39, 0.29) is 11.8 Å². The van der Waals surface area contributed by atoms with Crippen LogP contribution in [0.2, 0.25) is 0 Å². The molecule has 168 valence electrons. The van der Waals surface area contributed by atoms with Crippen LogP contribution in [0.3, 0.4) is 0 Å². The maximum atomic E-state index is 10.3. The minimum atomic E-state index is -0.0337. The van der Waals surface area contributed by atoms with Crippen molar-refractivity contribution in [3.8, 4) is 11.5 Å². The van der Waals surface area contributed by atoms with E-state index >= 15 is 0 Å². The number of phenols is 1. The number of hydrogen-bond donors (Lipinski definition) is 2. The van der Waals surface area contributed by atoms with Crippen LogP contribution in [-0.4, -0.2) is 41.9 Å². The zero-order chi connectivity index (χ0) is 22.2. The minimum Gasteiger partial charge on any atom is -0.504 e. The first kappa shape index (κ1) is 23.3. The van der Waals surface area contributed by atoms with Crippen LogP contribution in [0.5, 0.6) is 11.5 Å². The quantitative estimate of drug-likeness (QED) is 0.377. The summed E-state index contributed by atoms with van der Waals surface area (Å²) in [6, 6.07) is 5.58. The molecule has 0 spiro atoms. The number of rotatable bonds is 12. The van der Waals surface area contributed by atoms with Crippen molar-refractivity contribution < 1.29 is 14.6 Å². The fourth-order valence-electron chi connectivity index (χ4n) is 3.74. The molecule has 3 N–H and O–H groups in total. The topological polar surface area (TPSA) is 66.7 Å². The molecular formula is C26H37N2O3+. The van der Waals surface area contributed by atoms with Crippen LogP contribution in [0.1, 0.15) is 52.0 Å². The number of aryl methyl sites for hydroxylation is 1. The number of aromatic hydroxyl groups is 1. The molecule has 0 aliphatic carbocycles. The number of hydrogen-bond acceptors (Lipinski definition) is 4. The molecule has 1 aromatic carbocycles. The van der Waals surface area contributed by atoms with Crippen molar-refractivity contribution >= 4 is 6.21 Å². The second-order valence-electron chi connectivity index (χ2n) is 8.63. The van der Waals surface area contributed by atoms with E-state index in [1.165, 1.54) is 18.8 Å². The van der Waals surface area contributed by atoms with E-state index in [0.29, 0.717) is 24.4 Å². The summed E-state index contributed by atoms with van der Waals surface area (Å²) in [4.78, 5) is 4.53. The lowest BCUT2D eigenvalue weighted by atomic mass is 9.97. The van der Waals surface area contributed by atoms with Crippen LogP contribution in [0.25, 0.3) is 0 Å². The SMILES string of the molecule is CCCCC1C=C[C-](CCc2ccc(O)c(OCC(NC)C3=C[C+](C(C)C)C=N3)c2)[OH+]1. The van der Waals surface area contributed by atoms with Crippen molar-refractivity contribution in [2.24, 2.45) is 10.9 Å². The Balaban J connectivity index is 1.52. The Kier molecular flexibility index (Phi) is 8.50. The summed E-state index contributed by atoms with van der Waals surface area (Å²) in [7, 11) is 1.90. The standard InChI is InChI=1S/C26H36N2O3/c1-5-6-7-21-11-12-22(31-21)10-8-19-9-13-25(29)26(14-19)30-17-24(27-4)23-15-20(16-28-23)18(2)3/h9,11-16,18,21,24,27,31H,5-8,10,17H2,1-4H3/p+1. The van der Waals surface area contributed by atoms with Crippen LogP contribution in [-0.2, 0) is 6.42 Å². The fraction of sp³-hybridized carbons (Fsp3) is 0.500. The number of aliphatic hydroxyl groups is 2. The molecular weight excluding hydrogens is 388 g/mol. The zero-order valence-electron chi connectivity index (χ0n) is 19.3. The Labute approximate surface area is 187 Å². The van der Waals surface area contributed by atoms with Crippen LogP contribution in [0, 0.1) is 17.9 Å². The molecule has 5 heteroatoms. The molecule has 2 heterocycles. The number of allylic oxidation sites excluding steroid dienone is 1. The summed E-state index contributed by atoms with van der Waals surface area (Å²) in [5.74, 6) is 2.34. The number of nitrogens with one attached hydrogen (secondary N) is 1. The molecule has 0 fully saturated rings. The zero-order valence-corrected chi connectivity index (χ0v) is 19.3. The molecule has 1 aromatic rings.